The third-order valence-electron chi connectivity index (χ3n) is 3.91. The molecule has 3 rings (SSSR count). The van der Waals surface area contributed by atoms with Crippen molar-refractivity contribution in [1.82, 2.24) is 0 Å². The van der Waals surface area contributed by atoms with Crippen molar-refractivity contribution in [2.45, 2.75) is 6.92 Å². The molecule has 5 nitrogen and oxygen atoms in total. The molecule has 0 radical (unpaired) electrons. The molecule has 1 N–H and O–H groups in total. The first-order chi connectivity index (χ1) is 13.0. The Morgan fingerprint density at radius 2 is 1.81 bits per heavy atom. The number of furan rings is 1. The van der Waals surface area contributed by atoms with Crippen LogP contribution in [0.1, 0.15) is 32.2 Å². The predicted molar refractivity (Wildman–Crippen MR) is 104 cm³/mol. The quantitative estimate of drug-likeness (QED) is 0.508. The number of benzene rings is 2. The summed E-state index contributed by atoms with van der Waals surface area (Å²) in [7, 11) is 1.58. The van der Waals surface area contributed by atoms with Crippen LogP contribution >= 0.6 is 0 Å². The second-order valence-corrected chi connectivity index (χ2v) is 5.92. The van der Waals surface area contributed by atoms with E-state index < -0.39 is 0 Å². The molecule has 0 aliphatic rings. The van der Waals surface area contributed by atoms with Crippen molar-refractivity contribution in [2.24, 2.45) is 0 Å². The van der Waals surface area contributed by atoms with Crippen LogP contribution < -0.4 is 10.1 Å². The Hall–Kier alpha value is -3.60. The van der Waals surface area contributed by atoms with Crippen molar-refractivity contribution in [1.29, 1.82) is 0 Å². The fourth-order valence-corrected chi connectivity index (χ4v) is 2.49. The molecule has 27 heavy (non-hydrogen) atoms. The van der Waals surface area contributed by atoms with Gasteiger partial charge in [0.15, 0.2) is 5.76 Å². The summed E-state index contributed by atoms with van der Waals surface area (Å²) < 4.78 is 10.4. The molecule has 0 spiro atoms. The average Bonchev–Trinajstić information content (AvgIpc) is 3.13. The van der Waals surface area contributed by atoms with Gasteiger partial charge in [0.25, 0.3) is 5.91 Å². The van der Waals surface area contributed by atoms with E-state index >= 15 is 0 Å². The van der Waals surface area contributed by atoms with Crippen molar-refractivity contribution < 1.29 is 18.7 Å². The van der Waals surface area contributed by atoms with Gasteiger partial charge < -0.3 is 14.5 Å². The van der Waals surface area contributed by atoms with Gasteiger partial charge in [0, 0.05) is 11.3 Å². The van der Waals surface area contributed by atoms with E-state index in [0.29, 0.717) is 28.5 Å². The zero-order chi connectivity index (χ0) is 19.2. The molecular weight excluding hydrogens is 342 g/mol. The normalized spacial score (nSPS) is 10.7. The standard InChI is InChI=1S/C22H19NO4/c1-15-6-13-21(27-15)20(24)12-7-16-4-3-5-18(14-16)23-22(25)17-8-10-19(26-2)11-9-17/h3-14H,1-2H3,(H,23,25)/b12-7+. The summed E-state index contributed by atoms with van der Waals surface area (Å²) in [6.45, 7) is 1.79. The van der Waals surface area contributed by atoms with Crippen molar-refractivity contribution in [3.8, 4) is 5.75 Å². The number of carbonyl (C=O) groups excluding carboxylic acids is 2. The van der Waals surface area contributed by atoms with E-state index in [4.69, 9.17) is 9.15 Å². The van der Waals surface area contributed by atoms with Gasteiger partial charge in [-0.2, -0.15) is 0 Å². The van der Waals surface area contributed by atoms with Crippen molar-refractivity contribution in [3.05, 3.63) is 89.4 Å². The summed E-state index contributed by atoms with van der Waals surface area (Å²) >= 11 is 0. The second-order valence-electron chi connectivity index (χ2n) is 5.92. The highest BCUT2D eigenvalue weighted by Crippen LogP contribution is 2.16. The topological polar surface area (TPSA) is 68.5 Å². The van der Waals surface area contributed by atoms with E-state index in [9.17, 15) is 9.59 Å². The Kier molecular flexibility index (Phi) is 5.52. The van der Waals surface area contributed by atoms with E-state index in [-0.39, 0.29) is 11.7 Å². The van der Waals surface area contributed by atoms with E-state index in [2.05, 4.69) is 5.32 Å². The van der Waals surface area contributed by atoms with Crippen LogP contribution in [0.5, 0.6) is 5.75 Å². The number of methoxy groups -OCH3 is 1. The van der Waals surface area contributed by atoms with E-state index in [1.54, 1.807) is 68.6 Å². The maximum atomic E-state index is 12.3. The third-order valence-corrected chi connectivity index (χ3v) is 3.91. The second kappa shape index (κ2) is 8.19. The van der Waals surface area contributed by atoms with Crippen molar-refractivity contribution >= 4 is 23.5 Å². The molecule has 5 heteroatoms. The average molecular weight is 361 g/mol. The molecular formula is C22H19NO4. The van der Waals surface area contributed by atoms with Crippen LogP contribution in [0.15, 0.2) is 71.2 Å². The van der Waals surface area contributed by atoms with Gasteiger partial charge in [0.1, 0.15) is 11.5 Å². The molecule has 0 aliphatic heterocycles. The van der Waals surface area contributed by atoms with Crippen molar-refractivity contribution in [2.75, 3.05) is 12.4 Å². The number of hydrogen-bond acceptors (Lipinski definition) is 4. The maximum absolute atomic E-state index is 12.3. The molecule has 0 atom stereocenters. The van der Waals surface area contributed by atoms with E-state index in [0.717, 1.165) is 5.56 Å². The molecule has 0 aliphatic carbocycles. The first kappa shape index (κ1) is 18.2. The lowest BCUT2D eigenvalue weighted by Gasteiger charge is -2.07. The number of ether oxygens (including phenoxy) is 1. The van der Waals surface area contributed by atoms with Crippen LogP contribution in [0.3, 0.4) is 0 Å². The molecule has 2 aromatic carbocycles. The SMILES string of the molecule is COc1ccc(C(=O)Nc2cccc(/C=C/C(=O)c3ccc(C)o3)c2)cc1. The minimum Gasteiger partial charge on any atom is -0.497 e. The van der Waals surface area contributed by atoms with Gasteiger partial charge in [-0.25, -0.2) is 0 Å². The molecule has 0 saturated heterocycles. The smallest absolute Gasteiger partial charge is 0.255 e. The Morgan fingerprint density at radius 1 is 1.04 bits per heavy atom. The number of anilines is 1. The predicted octanol–water partition coefficient (Wildman–Crippen LogP) is 4.75. The molecule has 0 fully saturated rings. The van der Waals surface area contributed by atoms with Gasteiger partial charge in [-0.3, -0.25) is 9.59 Å². The molecule has 1 aromatic heterocycles. The Balaban J connectivity index is 1.68. The van der Waals surface area contributed by atoms with E-state index in [1.807, 2.05) is 12.1 Å². The largest absolute Gasteiger partial charge is 0.497 e. The number of rotatable bonds is 6. The number of ketones is 1. The van der Waals surface area contributed by atoms with Gasteiger partial charge in [-0.05, 0) is 67.1 Å². The van der Waals surface area contributed by atoms with Gasteiger partial charge in [0.2, 0.25) is 5.78 Å². The molecule has 1 amide bonds. The highest BCUT2D eigenvalue weighted by atomic mass is 16.5. The summed E-state index contributed by atoms with van der Waals surface area (Å²) in [5.41, 5.74) is 1.96. The van der Waals surface area contributed by atoms with Crippen LogP contribution in [0, 0.1) is 6.92 Å². The number of allylic oxidation sites excluding steroid dienone is 1. The van der Waals surface area contributed by atoms with Crippen LogP contribution in [-0.2, 0) is 0 Å². The molecule has 3 aromatic rings. The molecule has 0 unspecified atom stereocenters. The third kappa shape index (κ3) is 4.73. The highest BCUT2D eigenvalue weighted by molar-refractivity contribution is 6.05. The number of carbonyl (C=O) groups is 2. The zero-order valence-corrected chi connectivity index (χ0v) is 15.1. The summed E-state index contributed by atoms with van der Waals surface area (Å²) in [4.78, 5) is 24.4. The maximum Gasteiger partial charge on any atom is 0.255 e. The number of nitrogens with one attached hydrogen (secondary N) is 1. The van der Waals surface area contributed by atoms with Crippen LogP contribution in [0.25, 0.3) is 6.08 Å². The van der Waals surface area contributed by atoms with Gasteiger partial charge in [-0.1, -0.05) is 18.2 Å². The fraction of sp³-hybridized carbons (Fsp3) is 0.0909. The summed E-state index contributed by atoms with van der Waals surface area (Å²) in [5.74, 6) is 1.24. The van der Waals surface area contributed by atoms with Gasteiger partial charge in [-0.15, -0.1) is 0 Å². The highest BCUT2D eigenvalue weighted by Gasteiger charge is 2.08. The first-order valence-corrected chi connectivity index (χ1v) is 8.39. The van der Waals surface area contributed by atoms with Crippen molar-refractivity contribution in [3.63, 3.8) is 0 Å². The van der Waals surface area contributed by atoms with Crippen LogP contribution in [-0.4, -0.2) is 18.8 Å². The van der Waals surface area contributed by atoms with Gasteiger partial charge in [0.05, 0.1) is 7.11 Å². The number of amides is 1. The fourth-order valence-electron chi connectivity index (χ4n) is 2.49. The lowest BCUT2D eigenvalue weighted by molar-refractivity contribution is 0.101. The van der Waals surface area contributed by atoms with Crippen LogP contribution in [0.4, 0.5) is 5.69 Å². The van der Waals surface area contributed by atoms with Gasteiger partial charge >= 0.3 is 0 Å². The molecule has 136 valence electrons. The Labute approximate surface area is 157 Å². The Bertz CT molecular complexity index is 984. The van der Waals surface area contributed by atoms with Crippen LogP contribution in [0.2, 0.25) is 0 Å². The minimum absolute atomic E-state index is 0.212. The summed E-state index contributed by atoms with van der Waals surface area (Å²) in [6, 6.07) is 17.5. The summed E-state index contributed by atoms with van der Waals surface area (Å²) in [5, 5.41) is 2.84. The number of aryl methyl sites for hydroxylation is 1. The zero-order valence-electron chi connectivity index (χ0n) is 15.1. The monoisotopic (exact) mass is 361 g/mol. The molecule has 1 heterocycles. The lowest BCUT2D eigenvalue weighted by Crippen LogP contribution is -2.11. The first-order valence-electron chi connectivity index (χ1n) is 8.39. The molecule has 0 bridgehead atoms. The van der Waals surface area contributed by atoms with E-state index in [1.165, 1.54) is 6.08 Å². The Morgan fingerprint density at radius 3 is 2.48 bits per heavy atom. The number of hydrogen-bond donors (Lipinski definition) is 1. The summed E-state index contributed by atoms with van der Waals surface area (Å²) in [6.07, 6.45) is 3.13. The minimum atomic E-state index is -0.221. The lowest BCUT2D eigenvalue weighted by atomic mass is 10.1. The molecule has 0 saturated carbocycles.